The van der Waals surface area contributed by atoms with Crippen molar-refractivity contribution in [1.82, 2.24) is 4.90 Å². The molecule has 228 valence electrons. The highest BCUT2D eigenvalue weighted by Crippen LogP contribution is 2.53. The number of allylic oxidation sites excluding steroid dienone is 4. The maximum absolute atomic E-state index is 6.85. The van der Waals surface area contributed by atoms with Crippen molar-refractivity contribution in [3.05, 3.63) is 148 Å². The van der Waals surface area contributed by atoms with Crippen LogP contribution in [-0.4, -0.2) is 10.7 Å². The lowest BCUT2D eigenvalue weighted by Crippen LogP contribution is -2.27. The number of thiophene rings is 1. The lowest BCUT2D eigenvalue weighted by molar-refractivity contribution is 0.638. The Morgan fingerprint density at radius 1 is 0.822 bits per heavy atom. The van der Waals surface area contributed by atoms with E-state index in [2.05, 4.69) is 116 Å². The molecule has 4 aromatic carbocycles. The molecule has 1 aliphatic heterocycles. The van der Waals surface area contributed by atoms with Crippen LogP contribution in [0.15, 0.2) is 132 Å². The number of benzene rings is 4. The molecular weight excluding hydrogens is 588 g/mol. The van der Waals surface area contributed by atoms with Gasteiger partial charge in [-0.05, 0) is 89.0 Å². The largest absolute Gasteiger partial charge is 0.295 e. The van der Waals surface area contributed by atoms with Crippen LogP contribution in [0.2, 0.25) is 0 Å². The molecule has 0 saturated carbocycles. The van der Waals surface area contributed by atoms with Crippen LogP contribution in [0, 0.1) is 19.8 Å². The third kappa shape index (κ3) is 6.20. The molecule has 1 aromatic heterocycles. The topological polar surface area (TPSA) is 15.6 Å². The summed E-state index contributed by atoms with van der Waals surface area (Å²) >= 11 is 8.68. The Labute approximate surface area is 277 Å². The van der Waals surface area contributed by atoms with Gasteiger partial charge in [-0.3, -0.25) is 4.90 Å². The first-order valence-electron chi connectivity index (χ1n) is 15.9. The molecule has 0 N–H and O–H groups in total. The molecule has 45 heavy (non-hydrogen) atoms. The zero-order valence-corrected chi connectivity index (χ0v) is 28.6. The highest BCUT2D eigenvalue weighted by Gasteiger charge is 2.41. The van der Waals surface area contributed by atoms with E-state index in [0.717, 1.165) is 23.4 Å². The molecule has 5 aromatic rings. The van der Waals surface area contributed by atoms with Crippen molar-refractivity contribution in [3.63, 3.8) is 0 Å². The number of aryl methyl sites for hydroxylation is 2. The second kappa shape index (κ2) is 14.3. The summed E-state index contributed by atoms with van der Waals surface area (Å²) in [7, 11) is 0. The molecule has 0 radical (unpaired) electrons. The number of nitrogens with zero attached hydrogens (tertiary/aromatic N) is 2. The Morgan fingerprint density at radius 3 is 2.16 bits per heavy atom. The van der Waals surface area contributed by atoms with Gasteiger partial charge in [0.15, 0.2) is 5.84 Å². The quantitative estimate of drug-likeness (QED) is 0.143. The fourth-order valence-electron chi connectivity index (χ4n) is 6.07. The van der Waals surface area contributed by atoms with E-state index in [4.69, 9.17) is 16.6 Å². The minimum absolute atomic E-state index is 0.179. The molecule has 7 rings (SSSR count). The third-order valence-electron chi connectivity index (χ3n) is 8.07. The molecule has 1 unspecified atom stereocenters. The molecule has 2 nitrogen and oxygen atoms in total. The lowest BCUT2D eigenvalue weighted by atomic mass is 9.85. The van der Waals surface area contributed by atoms with E-state index >= 15 is 0 Å². The smallest absolute Gasteiger partial charge is 0.156 e. The van der Waals surface area contributed by atoms with Crippen LogP contribution in [-0.2, 0) is 0 Å². The van der Waals surface area contributed by atoms with Crippen molar-refractivity contribution in [1.29, 1.82) is 0 Å². The summed E-state index contributed by atoms with van der Waals surface area (Å²) in [5, 5.41) is 4.15. The van der Waals surface area contributed by atoms with Crippen molar-refractivity contribution in [2.24, 2.45) is 10.9 Å². The average molecular weight is 629 g/mol. The third-order valence-corrected chi connectivity index (χ3v) is 9.34. The zero-order valence-electron chi connectivity index (χ0n) is 27.1. The number of fused-ring (bicyclic) bond motifs is 3. The van der Waals surface area contributed by atoms with Gasteiger partial charge < -0.3 is 0 Å². The molecule has 4 heteroatoms. The van der Waals surface area contributed by atoms with Gasteiger partial charge in [0, 0.05) is 16.3 Å². The maximum Gasteiger partial charge on any atom is 0.156 e. The van der Waals surface area contributed by atoms with E-state index in [1.54, 1.807) is 0 Å². The first-order valence-corrected chi connectivity index (χ1v) is 17.1. The van der Waals surface area contributed by atoms with E-state index in [1.165, 1.54) is 48.1 Å². The van der Waals surface area contributed by atoms with Crippen LogP contribution >= 0.6 is 22.9 Å². The van der Waals surface area contributed by atoms with E-state index in [1.807, 2.05) is 57.2 Å². The van der Waals surface area contributed by atoms with Crippen LogP contribution in [0.4, 0.5) is 5.69 Å². The second-order valence-electron chi connectivity index (χ2n) is 10.7. The van der Waals surface area contributed by atoms with Crippen molar-refractivity contribution < 1.29 is 0 Å². The van der Waals surface area contributed by atoms with Crippen molar-refractivity contribution in [3.8, 4) is 0 Å². The summed E-state index contributed by atoms with van der Waals surface area (Å²) in [6.45, 7) is 16.5. The number of halogens is 1. The Kier molecular flexibility index (Phi) is 10.2. The lowest BCUT2D eigenvalue weighted by Gasteiger charge is -2.27. The van der Waals surface area contributed by atoms with Crippen LogP contribution in [0.3, 0.4) is 0 Å². The molecule has 0 amide bonds. The van der Waals surface area contributed by atoms with Crippen molar-refractivity contribution >= 4 is 66.6 Å². The molecule has 0 saturated heterocycles. The Hall–Kier alpha value is -4.18. The maximum atomic E-state index is 6.85. The van der Waals surface area contributed by atoms with E-state index in [-0.39, 0.29) is 5.92 Å². The summed E-state index contributed by atoms with van der Waals surface area (Å²) in [4.78, 5) is 8.65. The van der Waals surface area contributed by atoms with Gasteiger partial charge in [0.25, 0.3) is 0 Å². The Morgan fingerprint density at radius 2 is 1.47 bits per heavy atom. The summed E-state index contributed by atoms with van der Waals surface area (Å²) in [5.41, 5.74) is 8.12. The van der Waals surface area contributed by atoms with Gasteiger partial charge in [-0.2, -0.15) is 0 Å². The normalized spacial score (nSPS) is 15.7. The number of rotatable bonds is 4. The fourth-order valence-corrected chi connectivity index (χ4v) is 7.34. The number of aliphatic imine (C=N–C) groups is 1. The summed E-state index contributed by atoms with van der Waals surface area (Å²) in [5.74, 6) is 0.840. The predicted molar refractivity (Wildman–Crippen MR) is 200 cm³/mol. The Bertz CT molecular complexity index is 1940. The van der Waals surface area contributed by atoms with Gasteiger partial charge >= 0.3 is 0 Å². The molecule has 2 heterocycles. The molecule has 1 atom stereocenters. The SMILES string of the molecule is C=C(Cl)C(=Nc1ccccc1C)N1C2=CC=CCC2C(c2ccccc2C)=C1c1cc2cc3ccccc3cc2s1.CC.CC. The second-order valence-corrected chi connectivity index (χ2v) is 12.2. The van der Waals surface area contributed by atoms with Gasteiger partial charge in [0.1, 0.15) is 0 Å². The summed E-state index contributed by atoms with van der Waals surface area (Å²) in [6, 6.07) is 32.4. The number of para-hydroxylation sites is 1. The first-order chi connectivity index (χ1) is 22.0. The standard InChI is InChI=1S/C37H29ClN2S.2C2H6/c1-23-12-4-8-16-29(23)35-30-17-9-11-19-32(30)40(37(25(3)38)39-31-18-10-5-13-24(31)2)36(35)34-22-28-20-26-14-6-7-15-27(26)21-33(28)41-34;2*1-2/h4-16,18-22,30H,3,17H2,1-2H3;2*1-2H3. The molecule has 0 bridgehead atoms. The van der Waals surface area contributed by atoms with Gasteiger partial charge in [0.2, 0.25) is 0 Å². The number of hydrogen-bond donors (Lipinski definition) is 0. The van der Waals surface area contributed by atoms with Gasteiger partial charge in [-0.15, -0.1) is 11.3 Å². The molecular formula is C41H41ClN2S. The van der Waals surface area contributed by atoms with Crippen molar-refractivity contribution in [2.75, 3.05) is 0 Å². The Balaban J connectivity index is 0.000000963. The monoisotopic (exact) mass is 628 g/mol. The van der Waals surface area contributed by atoms with Crippen molar-refractivity contribution in [2.45, 2.75) is 48.0 Å². The fraction of sp³-hybridized carbons (Fsp3) is 0.195. The minimum Gasteiger partial charge on any atom is -0.295 e. The van der Waals surface area contributed by atoms with Crippen LogP contribution < -0.4 is 0 Å². The predicted octanol–water partition coefficient (Wildman–Crippen LogP) is 12.9. The zero-order chi connectivity index (χ0) is 32.1. The number of amidine groups is 1. The van der Waals surface area contributed by atoms with Crippen LogP contribution in [0.1, 0.15) is 55.7 Å². The average Bonchev–Trinajstić information content (AvgIpc) is 3.63. The summed E-state index contributed by atoms with van der Waals surface area (Å²) < 4.78 is 1.26. The van der Waals surface area contributed by atoms with E-state index in [9.17, 15) is 0 Å². The molecule has 1 aliphatic carbocycles. The minimum atomic E-state index is 0.179. The van der Waals surface area contributed by atoms with Crippen LogP contribution in [0.5, 0.6) is 0 Å². The molecule has 0 spiro atoms. The first kappa shape index (κ1) is 32.2. The van der Waals surface area contributed by atoms with Gasteiger partial charge in [0.05, 0.1) is 21.3 Å². The van der Waals surface area contributed by atoms with E-state index < -0.39 is 0 Å². The highest BCUT2D eigenvalue weighted by molar-refractivity contribution is 7.20. The molecule has 2 aliphatic rings. The van der Waals surface area contributed by atoms with E-state index in [0.29, 0.717) is 10.9 Å². The van der Waals surface area contributed by atoms with Gasteiger partial charge in [-0.1, -0.05) is 125 Å². The number of hydrogen-bond acceptors (Lipinski definition) is 2. The summed E-state index contributed by atoms with van der Waals surface area (Å²) in [6.07, 6.45) is 7.54. The van der Waals surface area contributed by atoms with Crippen LogP contribution in [0.25, 0.3) is 32.1 Å². The highest BCUT2D eigenvalue weighted by atomic mass is 35.5. The molecule has 0 fully saturated rings. The van der Waals surface area contributed by atoms with Gasteiger partial charge in [-0.25, -0.2) is 4.99 Å².